The smallest absolute Gasteiger partial charge is 0.258 e. The standard InChI is InChI=1S/C10H18N2O4/c1-10(2,8(11)13)9(14)12-16-7-5-3-4-6-15-7/h7H,3-6H2,1-2H3,(H2,11,13)(H,12,14). The minimum absolute atomic E-state index is 0.429. The summed E-state index contributed by atoms with van der Waals surface area (Å²) in [4.78, 5) is 27.6. The van der Waals surface area contributed by atoms with Gasteiger partial charge in [-0.05, 0) is 26.7 Å². The highest BCUT2D eigenvalue weighted by Crippen LogP contribution is 2.16. The van der Waals surface area contributed by atoms with Crippen LogP contribution in [0.25, 0.3) is 0 Å². The van der Waals surface area contributed by atoms with Gasteiger partial charge in [0.15, 0.2) is 6.29 Å². The summed E-state index contributed by atoms with van der Waals surface area (Å²) >= 11 is 0. The van der Waals surface area contributed by atoms with Crippen LogP contribution in [0, 0.1) is 5.41 Å². The van der Waals surface area contributed by atoms with Crippen LogP contribution in [0.1, 0.15) is 33.1 Å². The van der Waals surface area contributed by atoms with E-state index >= 15 is 0 Å². The van der Waals surface area contributed by atoms with Gasteiger partial charge in [0.25, 0.3) is 5.91 Å². The van der Waals surface area contributed by atoms with Gasteiger partial charge in [0.2, 0.25) is 5.91 Å². The van der Waals surface area contributed by atoms with Crippen LogP contribution in [0.2, 0.25) is 0 Å². The van der Waals surface area contributed by atoms with Gasteiger partial charge >= 0.3 is 0 Å². The molecule has 0 saturated carbocycles. The second-order valence-corrected chi connectivity index (χ2v) is 4.33. The molecular formula is C10H18N2O4. The van der Waals surface area contributed by atoms with Crippen molar-refractivity contribution in [1.82, 2.24) is 5.48 Å². The van der Waals surface area contributed by atoms with E-state index in [1.807, 2.05) is 0 Å². The highest BCUT2D eigenvalue weighted by Gasteiger charge is 2.34. The van der Waals surface area contributed by atoms with Crippen molar-refractivity contribution in [3.63, 3.8) is 0 Å². The van der Waals surface area contributed by atoms with Crippen LogP contribution in [0.5, 0.6) is 0 Å². The third-order valence-electron chi connectivity index (χ3n) is 2.60. The molecule has 0 bridgehead atoms. The highest BCUT2D eigenvalue weighted by molar-refractivity contribution is 6.03. The number of carbonyl (C=O) groups is 2. The molecule has 1 rings (SSSR count). The highest BCUT2D eigenvalue weighted by atomic mass is 16.8. The summed E-state index contributed by atoms with van der Waals surface area (Å²) in [5, 5.41) is 0. The number of ether oxygens (including phenoxy) is 1. The Morgan fingerprint density at radius 2 is 2.12 bits per heavy atom. The molecule has 1 aliphatic heterocycles. The maximum Gasteiger partial charge on any atom is 0.258 e. The molecule has 6 nitrogen and oxygen atoms in total. The molecule has 6 heteroatoms. The van der Waals surface area contributed by atoms with Gasteiger partial charge in [0, 0.05) is 13.0 Å². The van der Waals surface area contributed by atoms with Gasteiger partial charge in [-0.3, -0.25) is 9.59 Å². The second-order valence-electron chi connectivity index (χ2n) is 4.33. The zero-order valence-corrected chi connectivity index (χ0v) is 9.62. The van der Waals surface area contributed by atoms with Gasteiger partial charge in [-0.15, -0.1) is 0 Å². The lowest BCUT2D eigenvalue weighted by Crippen LogP contribution is -2.47. The average Bonchev–Trinajstić information content (AvgIpc) is 2.27. The van der Waals surface area contributed by atoms with Gasteiger partial charge in [0.05, 0.1) is 0 Å². The van der Waals surface area contributed by atoms with Crippen LogP contribution < -0.4 is 11.2 Å². The fourth-order valence-corrected chi connectivity index (χ4v) is 1.16. The number of nitrogens with one attached hydrogen (secondary N) is 1. The predicted octanol–water partition coefficient (Wildman–Crippen LogP) is 0.0723. The number of hydrogen-bond acceptors (Lipinski definition) is 4. The Labute approximate surface area is 94.4 Å². The lowest BCUT2D eigenvalue weighted by atomic mass is 9.92. The van der Waals surface area contributed by atoms with Crippen molar-refractivity contribution in [3.8, 4) is 0 Å². The molecule has 1 saturated heterocycles. The van der Waals surface area contributed by atoms with E-state index in [0.717, 1.165) is 19.3 Å². The van der Waals surface area contributed by atoms with Crippen molar-refractivity contribution in [2.45, 2.75) is 39.4 Å². The molecular weight excluding hydrogens is 212 g/mol. The quantitative estimate of drug-likeness (QED) is 0.528. The molecule has 0 aromatic heterocycles. The van der Waals surface area contributed by atoms with Crippen LogP contribution in [0.4, 0.5) is 0 Å². The summed E-state index contributed by atoms with van der Waals surface area (Å²) < 4.78 is 5.25. The Hall–Kier alpha value is -1.14. The van der Waals surface area contributed by atoms with Crippen LogP contribution in [0.3, 0.4) is 0 Å². The normalized spacial score (nSPS) is 21.5. The molecule has 1 atom stereocenters. The fraction of sp³-hybridized carbons (Fsp3) is 0.800. The molecule has 1 aliphatic rings. The van der Waals surface area contributed by atoms with E-state index in [0.29, 0.717) is 6.61 Å². The summed E-state index contributed by atoms with van der Waals surface area (Å²) in [6.07, 6.45) is 2.30. The van der Waals surface area contributed by atoms with Crippen LogP contribution in [-0.4, -0.2) is 24.7 Å². The van der Waals surface area contributed by atoms with Crippen LogP contribution in [0.15, 0.2) is 0 Å². The van der Waals surface area contributed by atoms with E-state index in [2.05, 4.69) is 5.48 Å². The lowest BCUT2D eigenvalue weighted by Gasteiger charge is -2.25. The van der Waals surface area contributed by atoms with Crippen molar-refractivity contribution in [3.05, 3.63) is 0 Å². The summed E-state index contributed by atoms with van der Waals surface area (Å²) in [5.41, 5.74) is 6.02. The maximum absolute atomic E-state index is 11.6. The third-order valence-corrected chi connectivity index (χ3v) is 2.60. The van der Waals surface area contributed by atoms with Gasteiger partial charge in [-0.1, -0.05) is 0 Å². The van der Waals surface area contributed by atoms with Gasteiger partial charge < -0.3 is 10.5 Å². The molecule has 1 fully saturated rings. The molecule has 2 amide bonds. The van der Waals surface area contributed by atoms with Crippen LogP contribution >= 0.6 is 0 Å². The molecule has 3 N–H and O–H groups in total. The second kappa shape index (κ2) is 5.27. The maximum atomic E-state index is 11.6. The molecule has 0 aromatic rings. The van der Waals surface area contributed by atoms with E-state index in [1.165, 1.54) is 13.8 Å². The molecule has 92 valence electrons. The summed E-state index contributed by atoms with van der Waals surface area (Å²) in [6.45, 7) is 3.51. The summed E-state index contributed by atoms with van der Waals surface area (Å²) in [5.74, 6) is -1.26. The third kappa shape index (κ3) is 3.18. The number of amides is 2. The Balaban J connectivity index is 2.37. The summed E-state index contributed by atoms with van der Waals surface area (Å²) in [7, 11) is 0. The number of nitrogens with two attached hydrogens (primary N) is 1. The first-order chi connectivity index (χ1) is 7.44. The Bertz CT molecular complexity index is 272. The van der Waals surface area contributed by atoms with Crippen molar-refractivity contribution >= 4 is 11.8 Å². The average molecular weight is 230 g/mol. The van der Waals surface area contributed by atoms with Gasteiger partial charge in [0.1, 0.15) is 5.41 Å². The number of hydroxylamine groups is 1. The number of carbonyl (C=O) groups excluding carboxylic acids is 2. The monoisotopic (exact) mass is 230 g/mol. The van der Waals surface area contributed by atoms with Crippen molar-refractivity contribution in [2.24, 2.45) is 11.1 Å². The fourth-order valence-electron chi connectivity index (χ4n) is 1.16. The molecule has 0 aromatic carbocycles. The van der Waals surface area contributed by atoms with E-state index < -0.39 is 23.5 Å². The zero-order chi connectivity index (χ0) is 12.2. The molecule has 1 unspecified atom stereocenters. The first kappa shape index (κ1) is 12.9. The van der Waals surface area contributed by atoms with Gasteiger partial charge in [-0.25, -0.2) is 10.3 Å². The number of primary amides is 1. The largest absolute Gasteiger partial charge is 0.369 e. The Morgan fingerprint density at radius 3 is 2.62 bits per heavy atom. The van der Waals surface area contributed by atoms with E-state index in [1.54, 1.807) is 0 Å². The first-order valence-corrected chi connectivity index (χ1v) is 5.32. The lowest BCUT2D eigenvalue weighted by molar-refractivity contribution is -0.204. The zero-order valence-electron chi connectivity index (χ0n) is 9.62. The molecule has 0 spiro atoms. The number of hydrogen-bond donors (Lipinski definition) is 2. The molecule has 0 aliphatic carbocycles. The molecule has 0 radical (unpaired) electrons. The minimum Gasteiger partial charge on any atom is -0.369 e. The van der Waals surface area contributed by atoms with E-state index in [9.17, 15) is 9.59 Å². The van der Waals surface area contributed by atoms with Gasteiger partial charge in [-0.2, -0.15) is 0 Å². The van der Waals surface area contributed by atoms with E-state index in [-0.39, 0.29) is 0 Å². The SMILES string of the molecule is CC(C)(C(N)=O)C(=O)NOC1CCCCO1. The van der Waals surface area contributed by atoms with Crippen molar-refractivity contribution in [1.29, 1.82) is 0 Å². The minimum atomic E-state index is -1.28. The molecule has 1 heterocycles. The number of rotatable bonds is 4. The predicted molar refractivity (Wildman–Crippen MR) is 55.8 cm³/mol. The van der Waals surface area contributed by atoms with E-state index in [4.69, 9.17) is 15.3 Å². The Morgan fingerprint density at radius 1 is 1.44 bits per heavy atom. The summed E-state index contributed by atoms with van der Waals surface area (Å²) in [6, 6.07) is 0. The molecule has 16 heavy (non-hydrogen) atoms. The van der Waals surface area contributed by atoms with Crippen molar-refractivity contribution in [2.75, 3.05) is 6.61 Å². The Kier molecular flexibility index (Phi) is 4.26. The topological polar surface area (TPSA) is 90.7 Å². The van der Waals surface area contributed by atoms with Crippen LogP contribution in [-0.2, 0) is 19.2 Å². The van der Waals surface area contributed by atoms with Crippen molar-refractivity contribution < 1.29 is 19.2 Å². The first-order valence-electron chi connectivity index (χ1n) is 5.32.